The van der Waals surface area contributed by atoms with Crippen molar-refractivity contribution in [3.05, 3.63) is 11.4 Å². The molecule has 5 nitrogen and oxygen atoms in total. The van der Waals surface area contributed by atoms with E-state index >= 15 is 0 Å². The summed E-state index contributed by atoms with van der Waals surface area (Å²) in [5.74, 6) is 1.56. The standard InChI is InChI=1S/C16H28N4O/c1-4-13-5-7-14(8-6-13)9-18-15(21)10-20-12(3)16(17)11(2)19-20/h13-14H,4-10,17H2,1-3H3,(H,18,21). The van der Waals surface area contributed by atoms with Crippen molar-refractivity contribution in [3.8, 4) is 0 Å². The molecule has 21 heavy (non-hydrogen) atoms. The van der Waals surface area contributed by atoms with Gasteiger partial charge < -0.3 is 11.1 Å². The Balaban J connectivity index is 1.76. The van der Waals surface area contributed by atoms with Crippen molar-refractivity contribution >= 4 is 11.6 Å². The van der Waals surface area contributed by atoms with E-state index in [1.165, 1.54) is 32.1 Å². The summed E-state index contributed by atoms with van der Waals surface area (Å²) in [6.07, 6.45) is 6.39. The molecule has 1 saturated carbocycles. The molecule has 1 aromatic heterocycles. The quantitative estimate of drug-likeness (QED) is 0.875. The van der Waals surface area contributed by atoms with Gasteiger partial charge in [-0.3, -0.25) is 9.48 Å². The number of nitrogens with two attached hydrogens (primary N) is 1. The lowest BCUT2D eigenvalue weighted by Crippen LogP contribution is -2.34. The molecule has 5 heteroatoms. The topological polar surface area (TPSA) is 72.9 Å². The van der Waals surface area contributed by atoms with Crippen molar-refractivity contribution in [2.24, 2.45) is 11.8 Å². The molecule has 0 radical (unpaired) electrons. The van der Waals surface area contributed by atoms with E-state index in [0.717, 1.165) is 23.9 Å². The molecule has 0 saturated heterocycles. The van der Waals surface area contributed by atoms with Crippen LogP contribution in [0.1, 0.15) is 50.4 Å². The van der Waals surface area contributed by atoms with E-state index in [2.05, 4.69) is 17.3 Å². The van der Waals surface area contributed by atoms with Crippen LogP contribution in [-0.4, -0.2) is 22.2 Å². The molecule has 0 spiro atoms. The van der Waals surface area contributed by atoms with E-state index in [4.69, 9.17) is 5.73 Å². The maximum atomic E-state index is 12.0. The normalized spacial score (nSPS) is 22.2. The number of aromatic nitrogens is 2. The molecule has 118 valence electrons. The third-order valence-electron chi connectivity index (χ3n) is 4.86. The van der Waals surface area contributed by atoms with Crippen molar-refractivity contribution in [3.63, 3.8) is 0 Å². The fourth-order valence-corrected chi connectivity index (χ4v) is 3.16. The Bertz CT molecular complexity index is 487. The zero-order valence-electron chi connectivity index (χ0n) is 13.5. The highest BCUT2D eigenvalue weighted by molar-refractivity contribution is 5.75. The Kier molecular flexibility index (Phi) is 5.26. The molecule has 3 N–H and O–H groups in total. The van der Waals surface area contributed by atoms with Crippen LogP contribution >= 0.6 is 0 Å². The lowest BCUT2D eigenvalue weighted by molar-refractivity contribution is -0.122. The Morgan fingerprint density at radius 1 is 1.29 bits per heavy atom. The summed E-state index contributed by atoms with van der Waals surface area (Å²) in [6.45, 7) is 7.09. The summed E-state index contributed by atoms with van der Waals surface area (Å²) in [4.78, 5) is 12.0. The molecule has 1 aliphatic rings. The van der Waals surface area contributed by atoms with Crippen molar-refractivity contribution in [1.82, 2.24) is 15.1 Å². The van der Waals surface area contributed by atoms with Crippen LogP contribution in [0.15, 0.2) is 0 Å². The molecule has 1 amide bonds. The number of nitrogen functional groups attached to an aromatic ring is 1. The number of carbonyl (C=O) groups excluding carboxylic acids is 1. The lowest BCUT2D eigenvalue weighted by Gasteiger charge is -2.27. The minimum absolute atomic E-state index is 0.0261. The van der Waals surface area contributed by atoms with Gasteiger partial charge in [0.05, 0.1) is 17.1 Å². The number of nitrogens with one attached hydrogen (secondary N) is 1. The Hall–Kier alpha value is -1.52. The summed E-state index contributed by atoms with van der Waals surface area (Å²) in [6, 6.07) is 0. The van der Waals surface area contributed by atoms with Gasteiger partial charge >= 0.3 is 0 Å². The summed E-state index contributed by atoms with van der Waals surface area (Å²) in [7, 11) is 0. The monoisotopic (exact) mass is 292 g/mol. The van der Waals surface area contributed by atoms with Crippen LogP contribution in [-0.2, 0) is 11.3 Å². The van der Waals surface area contributed by atoms with Crippen molar-refractivity contribution < 1.29 is 4.79 Å². The van der Waals surface area contributed by atoms with Crippen LogP contribution in [0.2, 0.25) is 0 Å². The van der Waals surface area contributed by atoms with Gasteiger partial charge in [-0.25, -0.2) is 0 Å². The van der Waals surface area contributed by atoms with Gasteiger partial charge in [0.15, 0.2) is 0 Å². The Labute approximate surface area is 127 Å². The highest BCUT2D eigenvalue weighted by Crippen LogP contribution is 2.30. The van der Waals surface area contributed by atoms with Crippen molar-refractivity contribution in [2.45, 2.75) is 59.4 Å². The fourth-order valence-electron chi connectivity index (χ4n) is 3.16. The van der Waals surface area contributed by atoms with Crippen LogP contribution in [0.4, 0.5) is 5.69 Å². The average Bonchev–Trinajstić information content (AvgIpc) is 2.73. The second-order valence-electron chi connectivity index (χ2n) is 6.34. The minimum atomic E-state index is 0.0261. The van der Waals surface area contributed by atoms with E-state index < -0.39 is 0 Å². The number of hydrogen-bond acceptors (Lipinski definition) is 3. The summed E-state index contributed by atoms with van der Waals surface area (Å²) < 4.78 is 1.69. The number of amides is 1. The highest BCUT2D eigenvalue weighted by atomic mass is 16.2. The summed E-state index contributed by atoms with van der Waals surface area (Å²) in [5, 5.41) is 7.35. The largest absolute Gasteiger partial charge is 0.396 e. The van der Waals surface area contributed by atoms with Crippen LogP contribution in [0, 0.1) is 25.7 Å². The molecular weight excluding hydrogens is 264 g/mol. The third kappa shape index (κ3) is 3.99. The van der Waals surface area contributed by atoms with Gasteiger partial charge in [0.1, 0.15) is 6.54 Å². The number of anilines is 1. The smallest absolute Gasteiger partial charge is 0.241 e. The molecule has 0 aromatic carbocycles. The SMILES string of the molecule is CCC1CCC(CNC(=O)Cn2nc(C)c(N)c2C)CC1. The molecule has 2 rings (SSSR count). The average molecular weight is 292 g/mol. The van der Waals surface area contributed by atoms with E-state index in [1.807, 2.05) is 13.8 Å². The molecule has 1 heterocycles. The maximum Gasteiger partial charge on any atom is 0.241 e. The van der Waals surface area contributed by atoms with Gasteiger partial charge in [-0.1, -0.05) is 26.2 Å². The highest BCUT2D eigenvalue weighted by Gasteiger charge is 2.20. The number of nitrogens with zero attached hydrogens (tertiary/aromatic N) is 2. The second-order valence-corrected chi connectivity index (χ2v) is 6.34. The first kappa shape index (κ1) is 15.9. The van der Waals surface area contributed by atoms with Gasteiger partial charge in [0, 0.05) is 6.54 Å². The van der Waals surface area contributed by atoms with Gasteiger partial charge in [-0.05, 0) is 38.5 Å². The first-order chi connectivity index (χ1) is 10.0. The van der Waals surface area contributed by atoms with Crippen LogP contribution < -0.4 is 11.1 Å². The molecular formula is C16H28N4O. The first-order valence-corrected chi connectivity index (χ1v) is 8.07. The first-order valence-electron chi connectivity index (χ1n) is 8.07. The second kappa shape index (κ2) is 6.96. The predicted octanol–water partition coefficient (Wildman–Crippen LogP) is 2.41. The Morgan fingerprint density at radius 2 is 1.90 bits per heavy atom. The van der Waals surface area contributed by atoms with E-state index in [0.29, 0.717) is 11.6 Å². The zero-order chi connectivity index (χ0) is 15.4. The van der Waals surface area contributed by atoms with Crippen LogP contribution in [0.25, 0.3) is 0 Å². The maximum absolute atomic E-state index is 12.0. The van der Waals surface area contributed by atoms with Crippen molar-refractivity contribution in [1.29, 1.82) is 0 Å². The van der Waals surface area contributed by atoms with E-state index in [9.17, 15) is 4.79 Å². The van der Waals surface area contributed by atoms with Crippen LogP contribution in [0.5, 0.6) is 0 Å². The third-order valence-corrected chi connectivity index (χ3v) is 4.86. The lowest BCUT2D eigenvalue weighted by atomic mass is 9.81. The van der Waals surface area contributed by atoms with Gasteiger partial charge in [0.2, 0.25) is 5.91 Å². The molecule has 0 aliphatic heterocycles. The number of hydrogen-bond donors (Lipinski definition) is 2. The van der Waals surface area contributed by atoms with Gasteiger partial charge in [-0.2, -0.15) is 5.10 Å². The molecule has 0 atom stereocenters. The number of carbonyl (C=O) groups is 1. The zero-order valence-corrected chi connectivity index (χ0v) is 13.5. The predicted molar refractivity (Wildman–Crippen MR) is 84.9 cm³/mol. The Morgan fingerprint density at radius 3 is 2.43 bits per heavy atom. The fraction of sp³-hybridized carbons (Fsp3) is 0.750. The molecule has 0 unspecified atom stereocenters. The van der Waals surface area contributed by atoms with E-state index in [-0.39, 0.29) is 12.5 Å². The molecule has 1 fully saturated rings. The van der Waals surface area contributed by atoms with Crippen molar-refractivity contribution in [2.75, 3.05) is 12.3 Å². The van der Waals surface area contributed by atoms with E-state index in [1.54, 1.807) is 4.68 Å². The van der Waals surface area contributed by atoms with Gasteiger partial charge in [0.25, 0.3) is 0 Å². The molecule has 1 aromatic rings. The summed E-state index contributed by atoms with van der Waals surface area (Å²) in [5.41, 5.74) is 8.22. The molecule has 1 aliphatic carbocycles. The number of aryl methyl sites for hydroxylation is 1. The van der Waals surface area contributed by atoms with Gasteiger partial charge in [-0.15, -0.1) is 0 Å². The minimum Gasteiger partial charge on any atom is -0.396 e. The summed E-state index contributed by atoms with van der Waals surface area (Å²) >= 11 is 0. The van der Waals surface area contributed by atoms with Crippen LogP contribution in [0.3, 0.4) is 0 Å². The molecule has 0 bridgehead atoms. The number of rotatable bonds is 5.